The first kappa shape index (κ1) is 11.3. The van der Waals surface area contributed by atoms with Gasteiger partial charge in [0.25, 0.3) is 0 Å². The molecule has 1 heterocycles. The van der Waals surface area contributed by atoms with E-state index in [1.807, 2.05) is 19.2 Å². The zero-order valence-electron chi connectivity index (χ0n) is 9.20. The number of thiophene rings is 1. The van der Waals surface area contributed by atoms with Gasteiger partial charge in [0.2, 0.25) is 0 Å². The van der Waals surface area contributed by atoms with Crippen LogP contribution in [0, 0.1) is 6.92 Å². The molecular weight excluding hydrogens is 240 g/mol. The number of hydrogen-bond donors (Lipinski definition) is 1. The number of hydrogen-bond acceptors (Lipinski definition) is 3. The van der Waals surface area contributed by atoms with Crippen LogP contribution in [0.4, 0.5) is 16.4 Å². The minimum atomic E-state index is 0.664. The SMILES string of the molecule is Cc1ccsc1N(C)c1ccc(Cl)cc1N. The highest BCUT2D eigenvalue weighted by atomic mass is 35.5. The number of nitrogen functional groups attached to an aromatic ring is 1. The molecule has 0 atom stereocenters. The van der Waals surface area contributed by atoms with Gasteiger partial charge in [-0.25, -0.2) is 0 Å². The lowest BCUT2D eigenvalue weighted by Crippen LogP contribution is -2.10. The molecule has 2 aromatic rings. The first-order valence-corrected chi connectivity index (χ1v) is 6.18. The van der Waals surface area contributed by atoms with Crippen LogP contribution in [0.2, 0.25) is 5.02 Å². The van der Waals surface area contributed by atoms with E-state index in [4.69, 9.17) is 17.3 Å². The maximum absolute atomic E-state index is 5.96. The summed E-state index contributed by atoms with van der Waals surface area (Å²) in [5.41, 5.74) is 8.89. The highest BCUT2D eigenvalue weighted by Gasteiger charge is 2.10. The topological polar surface area (TPSA) is 29.3 Å². The number of anilines is 3. The summed E-state index contributed by atoms with van der Waals surface area (Å²) < 4.78 is 0. The second-order valence-corrected chi connectivity index (χ2v) is 5.00. The normalized spacial score (nSPS) is 10.4. The largest absolute Gasteiger partial charge is 0.397 e. The number of rotatable bonds is 2. The fourth-order valence-electron chi connectivity index (χ4n) is 1.65. The summed E-state index contributed by atoms with van der Waals surface area (Å²) in [6.07, 6.45) is 0. The average Bonchev–Trinajstić information content (AvgIpc) is 2.63. The van der Waals surface area contributed by atoms with Crippen molar-refractivity contribution >= 4 is 39.3 Å². The zero-order chi connectivity index (χ0) is 11.7. The van der Waals surface area contributed by atoms with Crippen molar-refractivity contribution in [2.24, 2.45) is 0 Å². The van der Waals surface area contributed by atoms with Crippen molar-refractivity contribution < 1.29 is 0 Å². The van der Waals surface area contributed by atoms with Crippen molar-refractivity contribution in [3.05, 3.63) is 40.2 Å². The average molecular weight is 253 g/mol. The van der Waals surface area contributed by atoms with Crippen LogP contribution in [0.25, 0.3) is 0 Å². The summed E-state index contributed by atoms with van der Waals surface area (Å²) in [4.78, 5) is 2.09. The number of halogens is 1. The Morgan fingerprint density at radius 3 is 2.62 bits per heavy atom. The molecular formula is C12H13ClN2S. The molecule has 1 aromatic carbocycles. The van der Waals surface area contributed by atoms with Crippen LogP contribution < -0.4 is 10.6 Å². The quantitative estimate of drug-likeness (QED) is 0.817. The molecule has 0 aliphatic carbocycles. The summed E-state index contributed by atoms with van der Waals surface area (Å²) in [5.74, 6) is 0. The number of aryl methyl sites for hydroxylation is 1. The Bertz CT molecular complexity index is 507. The first-order valence-electron chi connectivity index (χ1n) is 4.92. The van der Waals surface area contributed by atoms with E-state index in [0.29, 0.717) is 10.7 Å². The molecule has 16 heavy (non-hydrogen) atoms. The Labute approximate surface area is 104 Å². The van der Waals surface area contributed by atoms with Gasteiger partial charge in [-0.05, 0) is 42.1 Å². The van der Waals surface area contributed by atoms with E-state index in [0.717, 1.165) is 5.69 Å². The Morgan fingerprint density at radius 2 is 2.06 bits per heavy atom. The van der Waals surface area contributed by atoms with Gasteiger partial charge >= 0.3 is 0 Å². The van der Waals surface area contributed by atoms with Crippen molar-refractivity contribution in [2.45, 2.75) is 6.92 Å². The Morgan fingerprint density at radius 1 is 1.31 bits per heavy atom. The molecule has 4 heteroatoms. The van der Waals surface area contributed by atoms with Crippen LogP contribution in [0.5, 0.6) is 0 Å². The molecule has 0 radical (unpaired) electrons. The van der Waals surface area contributed by atoms with Crippen LogP contribution in [0.15, 0.2) is 29.6 Å². The Hall–Kier alpha value is -1.19. The van der Waals surface area contributed by atoms with Crippen LogP contribution in [0.3, 0.4) is 0 Å². The standard InChI is InChI=1S/C12H13ClN2S/c1-8-5-6-16-12(8)15(2)11-4-3-9(13)7-10(11)14/h3-7H,14H2,1-2H3. The van der Waals surface area contributed by atoms with Crippen molar-refractivity contribution in [2.75, 3.05) is 17.7 Å². The van der Waals surface area contributed by atoms with E-state index < -0.39 is 0 Å². The lowest BCUT2D eigenvalue weighted by molar-refractivity contribution is 1.22. The first-order chi connectivity index (χ1) is 7.59. The fourth-order valence-corrected chi connectivity index (χ4v) is 2.74. The van der Waals surface area contributed by atoms with E-state index in [2.05, 4.69) is 23.3 Å². The van der Waals surface area contributed by atoms with E-state index in [-0.39, 0.29) is 0 Å². The van der Waals surface area contributed by atoms with Gasteiger partial charge in [-0.15, -0.1) is 11.3 Å². The number of nitrogens with two attached hydrogens (primary N) is 1. The molecule has 2 rings (SSSR count). The van der Waals surface area contributed by atoms with Gasteiger partial charge in [-0.2, -0.15) is 0 Å². The molecule has 0 unspecified atom stereocenters. The third kappa shape index (κ3) is 2.01. The van der Waals surface area contributed by atoms with Crippen LogP contribution in [-0.4, -0.2) is 7.05 Å². The molecule has 1 aromatic heterocycles. The highest BCUT2D eigenvalue weighted by molar-refractivity contribution is 7.14. The molecule has 0 bridgehead atoms. The summed E-state index contributed by atoms with van der Waals surface area (Å²) in [6, 6.07) is 7.67. The Kier molecular flexibility index (Phi) is 3.08. The van der Waals surface area contributed by atoms with Gasteiger partial charge in [0.15, 0.2) is 0 Å². The predicted octanol–water partition coefficient (Wildman–Crippen LogP) is 4.06. The van der Waals surface area contributed by atoms with Crippen LogP contribution in [-0.2, 0) is 0 Å². The third-order valence-electron chi connectivity index (χ3n) is 2.49. The van der Waals surface area contributed by atoms with Crippen molar-refractivity contribution in [3.63, 3.8) is 0 Å². The Balaban J connectivity index is 2.41. The van der Waals surface area contributed by atoms with E-state index in [1.54, 1.807) is 17.4 Å². The van der Waals surface area contributed by atoms with Gasteiger partial charge in [0, 0.05) is 12.1 Å². The molecule has 0 saturated heterocycles. The van der Waals surface area contributed by atoms with Crippen molar-refractivity contribution in [3.8, 4) is 0 Å². The minimum absolute atomic E-state index is 0.664. The maximum atomic E-state index is 5.96. The highest BCUT2D eigenvalue weighted by Crippen LogP contribution is 2.35. The van der Waals surface area contributed by atoms with E-state index in [1.165, 1.54) is 10.6 Å². The van der Waals surface area contributed by atoms with Gasteiger partial charge in [-0.3, -0.25) is 0 Å². The smallest absolute Gasteiger partial charge is 0.0980 e. The summed E-state index contributed by atoms with van der Waals surface area (Å²) in [5, 5.41) is 3.94. The zero-order valence-corrected chi connectivity index (χ0v) is 10.8. The molecule has 84 valence electrons. The molecule has 0 amide bonds. The molecule has 0 fully saturated rings. The molecule has 0 aliphatic heterocycles. The molecule has 0 saturated carbocycles. The maximum Gasteiger partial charge on any atom is 0.0980 e. The molecule has 2 nitrogen and oxygen atoms in total. The fraction of sp³-hybridized carbons (Fsp3) is 0.167. The van der Waals surface area contributed by atoms with E-state index in [9.17, 15) is 0 Å². The minimum Gasteiger partial charge on any atom is -0.397 e. The van der Waals surface area contributed by atoms with Gasteiger partial charge in [-0.1, -0.05) is 11.6 Å². The van der Waals surface area contributed by atoms with Crippen molar-refractivity contribution in [1.82, 2.24) is 0 Å². The summed E-state index contributed by atoms with van der Waals surface area (Å²) >= 11 is 7.58. The third-order valence-corrected chi connectivity index (χ3v) is 3.82. The van der Waals surface area contributed by atoms with Crippen LogP contribution in [0.1, 0.15) is 5.56 Å². The van der Waals surface area contributed by atoms with Gasteiger partial charge in [0.05, 0.1) is 16.4 Å². The lowest BCUT2D eigenvalue weighted by atomic mass is 10.2. The summed E-state index contributed by atoms with van der Waals surface area (Å²) in [7, 11) is 2.01. The number of nitrogens with zero attached hydrogens (tertiary/aromatic N) is 1. The van der Waals surface area contributed by atoms with Gasteiger partial charge in [0.1, 0.15) is 0 Å². The van der Waals surface area contributed by atoms with E-state index >= 15 is 0 Å². The number of benzene rings is 1. The second kappa shape index (κ2) is 4.36. The van der Waals surface area contributed by atoms with Gasteiger partial charge < -0.3 is 10.6 Å². The molecule has 2 N–H and O–H groups in total. The van der Waals surface area contributed by atoms with Crippen molar-refractivity contribution in [1.29, 1.82) is 0 Å². The molecule has 0 spiro atoms. The lowest BCUT2D eigenvalue weighted by Gasteiger charge is -2.20. The summed E-state index contributed by atoms with van der Waals surface area (Å²) in [6.45, 7) is 2.09. The van der Waals surface area contributed by atoms with Crippen LogP contribution >= 0.6 is 22.9 Å². The second-order valence-electron chi connectivity index (χ2n) is 3.67. The predicted molar refractivity (Wildman–Crippen MR) is 73.0 cm³/mol. The molecule has 0 aliphatic rings. The monoisotopic (exact) mass is 252 g/mol.